The fourth-order valence-electron chi connectivity index (χ4n) is 2.96. The van der Waals surface area contributed by atoms with Gasteiger partial charge in [-0.3, -0.25) is 13.9 Å². The highest BCUT2D eigenvalue weighted by Gasteiger charge is 2.29. The first-order valence-electron chi connectivity index (χ1n) is 9.57. The second-order valence-corrected chi connectivity index (χ2v) is 10.2. The molecule has 1 atom stereocenters. The zero-order valence-corrected chi connectivity index (χ0v) is 20.7. The number of halogens is 2. The quantitative estimate of drug-likeness (QED) is 0.538. The Labute approximate surface area is 196 Å². The molecule has 0 fully saturated rings. The minimum Gasteiger partial charge on any atom is -0.355 e. The van der Waals surface area contributed by atoms with E-state index in [1.807, 2.05) is 24.3 Å². The van der Waals surface area contributed by atoms with Crippen molar-refractivity contribution in [2.24, 2.45) is 0 Å². The molecule has 0 aliphatic carbocycles. The van der Waals surface area contributed by atoms with Gasteiger partial charge in [-0.25, -0.2) is 8.42 Å². The SMILES string of the molecule is CCNC(=O)[C@@H](C)N(Cc1cccc(Br)c1)C(=O)CN(c1ccc(Cl)cc1)S(C)(=O)=O. The van der Waals surface area contributed by atoms with E-state index in [2.05, 4.69) is 21.2 Å². The van der Waals surface area contributed by atoms with Crippen LogP contribution in [-0.4, -0.2) is 50.5 Å². The smallest absolute Gasteiger partial charge is 0.244 e. The van der Waals surface area contributed by atoms with Gasteiger partial charge in [-0.15, -0.1) is 0 Å². The molecule has 0 bridgehead atoms. The van der Waals surface area contributed by atoms with Crippen LogP contribution in [-0.2, 0) is 26.2 Å². The van der Waals surface area contributed by atoms with Gasteiger partial charge >= 0.3 is 0 Å². The molecule has 0 aromatic heterocycles. The van der Waals surface area contributed by atoms with Gasteiger partial charge in [0, 0.05) is 22.6 Å². The molecule has 0 saturated carbocycles. The number of carbonyl (C=O) groups is 2. The number of hydrogen-bond donors (Lipinski definition) is 1. The third-order valence-corrected chi connectivity index (χ3v) is 6.44. The predicted octanol–water partition coefficient (Wildman–Crippen LogP) is 3.42. The van der Waals surface area contributed by atoms with Crippen molar-refractivity contribution in [1.82, 2.24) is 10.2 Å². The number of benzene rings is 2. The average molecular weight is 531 g/mol. The minimum absolute atomic E-state index is 0.148. The summed E-state index contributed by atoms with van der Waals surface area (Å²) in [6, 6.07) is 12.7. The Morgan fingerprint density at radius 2 is 1.81 bits per heavy atom. The minimum atomic E-state index is -3.76. The summed E-state index contributed by atoms with van der Waals surface area (Å²) in [5.41, 5.74) is 1.12. The molecule has 2 amide bonds. The predicted molar refractivity (Wildman–Crippen MR) is 126 cm³/mol. The van der Waals surface area contributed by atoms with Crippen LogP contribution in [0.3, 0.4) is 0 Å². The molecule has 10 heteroatoms. The van der Waals surface area contributed by atoms with Crippen LogP contribution in [0, 0.1) is 0 Å². The number of sulfonamides is 1. The molecule has 2 aromatic carbocycles. The van der Waals surface area contributed by atoms with Gasteiger partial charge in [0.15, 0.2) is 0 Å². The third kappa shape index (κ3) is 7.22. The molecule has 0 unspecified atom stereocenters. The number of hydrogen-bond acceptors (Lipinski definition) is 4. The van der Waals surface area contributed by atoms with Gasteiger partial charge in [0.2, 0.25) is 21.8 Å². The normalized spacial score (nSPS) is 12.2. The van der Waals surface area contributed by atoms with E-state index in [9.17, 15) is 18.0 Å². The molecule has 168 valence electrons. The van der Waals surface area contributed by atoms with Gasteiger partial charge in [-0.2, -0.15) is 0 Å². The zero-order valence-electron chi connectivity index (χ0n) is 17.5. The lowest BCUT2D eigenvalue weighted by atomic mass is 10.1. The van der Waals surface area contributed by atoms with Crippen molar-refractivity contribution >= 4 is 55.1 Å². The lowest BCUT2D eigenvalue weighted by molar-refractivity contribution is -0.139. The first-order valence-corrected chi connectivity index (χ1v) is 12.6. The monoisotopic (exact) mass is 529 g/mol. The summed E-state index contributed by atoms with van der Waals surface area (Å²) < 4.78 is 26.7. The third-order valence-electron chi connectivity index (χ3n) is 4.55. The summed E-state index contributed by atoms with van der Waals surface area (Å²) in [7, 11) is -3.76. The van der Waals surface area contributed by atoms with E-state index in [0.717, 1.165) is 20.6 Å². The molecule has 2 rings (SSSR count). The van der Waals surface area contributed by atoms with Gasteiger partial charge in [0.1, 0.15) is 12.6 Å². The summed E-state index contributed by atoms with van der Waals surface area (Å²) in [5.74, 6) is -0.817. The van der Waals surface area contributed by atoms with E-state index < -0.39 is 28.5 Å². The highest BCUT2D eigenvalue weighted by molar-refractivity contribution is 9.10. The molecule has 1 N–H and O–H groups in total. The van der Waals surface area contributed by atoms with E-state index in [-0.39, 0.29) is 12.5 Å². The van der Waals surface area contributed by atoms with Crippen LogP contribution in [0.2, 0.25) is 5.02 Å². The maximum atomic E-state index is 13.3. The van der Waals surface area contributed by atoms with E-state index in [1.54, 1.807) is 26.0 Å². The summed E-state index contributed by atoms with van der Waals surface area (Å²) in [5, 5.41) is 3.16. The van der Waals surface area contributed by atoms with Crippen LogP contribution in [0.4, 0.5) is 5.69 Å². The number of rotatable bonds is 9. The molecule has 0 saturated heterocycles. The van der Waals surface area contributed by atoms with Crippen molar-refractivity contribution < 1.29 is 18.0 Å². The molecule has 0 radical (unpaired) electrons. The highest BCUT2D eigenvalue weighted by atomic mass is 79.9. The lowest BCUT2D eigenvalue weighted by Crippen LogP contribution is -2.51. The lowest BCUT2D eigenvalue weighted by Gasteiger charge is -2.31. The van der Waals surface area contributed by atoms with E-state index >= 15 is 0 Å². The first-order chi connectivity index (χ1) is 14.5. The van der Waals surface area contributed by atoms with E-state index in [1.165, 1.54) is 17.0 Å². The van der Waals surface area contributed by atoms with E-state index in [4.69, 9.17) is 11.6 Å². The summed E-state index contributed by atoms with van der Waals surface area (Å²) >= 11 is 9.31. The summed E-state index contributed by atoms with van der Waals surface area (Å²) in [4.78, 5) is 27.1. The Balaban J connectivity index is 2.37. The highest BCUT2D eigenvalue weighted by Crippen LogP contribution is 2.22. The second kappa shape index (κ2) is 11.0. The second-order valence-electron chi connectivity index (χ2n) is 6.97. The number of anilines is 1. The Bertz CT molecular complexity index is 1030. The molecule has 31 heavy (non-hydrogen) atoms. The number of nitrogens with zero attached hydrogens (tertiary/aromatic N) is 2. The molecular weight excluding hydrogens is 506 g/mol. The Hall–Kier alpha value is -2.10. The van der Waals surface area contributed by atoms with Gasteiger partial charge in [-0.1, -0.05) is 39.7 Å². The maximum absolute atomic E-state index is 13.3. The van der Waals surface area contributed by atoms with Gasteiger partial charge in [-0.05, 0) is 55.8 Å². The molecule has 7 nitrogen and oxygen atoms in total. The van der Waals surface area contributed by atoms with Crippen molar-refractivity contribution in [2.45, 2.75) is 26.4 Å². The van der Waals surface area contributed by atoms with Crippen molar-refractivity contribution in [2.75, 3.05) is 23.7 Å². The van der Waals surface area contributed by atoms with Crippen LogP contribution in [0.25, 0.3) is 0 Å². The van der Waals surface area contributed by atoms with Gasteiger partial charge in [0.05, 0.1) is 11.9 Å². The van der Waals surface area contributed by atoms with Crippen molar-refractivity contribution in [3.8, 4) is 0 Å². The van der Waals surface area contributed by atoms with Crippen LogP contribution < -0.4 is 9.62 Å². The van der Waals surface area contributed by atoms with Crippen molar-refractivity contribution in [3.63, 3.8) is 0 Å². The first kappa shape index (κ1) is 25.2. The van der Waals surface area contributed by atoms with Crippen molar-refractivity contribution in [1.29, 1.82) is 0 Å². The van der Waals surface area contributed by atoms with Crippen LogP contribution in [0.15, 0.2) is 53.0 Å². The van der Waals surface area contributed by atoms with Gasteiger partial charge in [0.25, 0.3) is 0 Å². The average Bonchev–Trinajstić information content (AvgIpc) is 2.70. The summed E-state index contributed by atoms with van der Waals surface area (Å²) in [6.07, 6.45) is 1.03. The van der Waals surface area contributed by atoms with E-state index in [0.29, 0.717) is 17.3 Å². The Morgan fingerprint density at radius 3 is 2.35 bits per heavy atom. The number of amides is 2. The van der Waals surface area contributed by atoms with Crippen LogP contribution in [0.1, 0.15) is 19.4 Å². The molecule has 2 aromatic rings. The molecule has 0 spiro atoms. The zero-order chi connectivity index (χ0) is 23.2. The van der Waals surface area contributed by atoms with Crippen LogP contribution in [0.5, 0.6) is 0 Å². The number of carbonyl (C=O) groups excluding carboxylic acids is 2. The maximum Gasteiger partial charge on any atom is 0.244 e. The van der Waals surface area contributed by atoms with Crippen molar-refractivity contribution in [3.05, 3.63) is 63.6 Å². The fourth-order valence-corrected chi connectivity index (χ4v) is 4.38. The topological polar surface area (TPSA) is 86.8 Å². The standard InChI is InChI=1S/C21H25BrClN3O4S/c1-4-24-21(28)15(2)25(13-16-6-5-7-17(22)12-16)20(27)14-26(31(3,29)30)19-10-8-18(23)9-11-19/h5-12,15H,4,13-14H2,1-3H3,(H,24,28)/t15-/m1/s1. The molecule has 0 aliphatic rings. The summed E-state index contributed by atoms with van der Waals surface area (Å²) in [6.45, 7) is 3.53. The molecule has 0 heterocycles. The molecular formula is C21H25BrClN3O4S. The van der Waals surface area contributed by atoms with Crippen LogP contribution >= 0.6 is 27.5 Å². The molecule has 0 aliphatic heterocycles. The fraction of sp³-hybridized carbons (Fsp3) is 0.333. The largest absolute Gasteiger partial charge is 0.355 e. The Kier molecular flexibility index (Phi) is 8.90. The van der Waals surface area contributed by atoms with Gasteiger partial charge < -0.3 is 10.2 Å². The number of nitrogens with one attached hydrogen (secondary N) is 1. The Morgan fingerprint density at radius 1 is 1.16 bits per heavy atom. The number of likely N-dealkylation sites (N-methyl/N-ethyl adjacent to an activating group) is 1.